The van der Waals surface area contributed by atoms with Crippen molar-refractivity contribution in [2.45, 2.75) is 4.90 Å². The van der Waals surface area contributed by atoms with Crippen molar-refractivity contribution in [3.63, 3.8) is 0 Å². The van der Waals surface area contributed by atoms with Gasteiger partial charge in [-0.05, 0) is 66.1 Å². The van der Waals surface area contributed by atoms with E-state index in [1.807, 2.05) is 35.7 Å². The quantitative estimate of drug-likeness (QED) is 0.208. The van der Waals surface area contributed by atoms with Crippen LogP contribution in [0.1, 0.15) is 15.2 Å². The van der Waals surface area contributed by atoms with Gasteiger partial charge < -0.3 is 16.0 Å². The fraction of sp³-hybridized carbons (Fsp3) is 0.0370. The van der Waals surface area contributed by atoms with Crippen molar-refractivity contribution in [1.82, 2.24) is 10.3 Å². The first kappa shape index (κ1) is 24.9. The second-order valence-electron chi connectivity index (χ2n) is 7.42. The Hall–Kier alpha value is -4.21. The molecule has 2 aromatic heterocycles. The number of carbonyl (C=O) groups excluding carboxylic acids is 3. The molecule has 0 saturated heterocycles. The maximum absolute atomic E-state index is 13.0. The minimum atomic E-state index is -0.442. The van der Waals surface area contributed by atoms with Gasteiger partial charge in [0.2, 0.25) is 5.91 Å². The van der Waals surface area contributed by atoms with Crippen LogP contribution < -0.4 is 16.0 Å². The third-order valence-electron chi connectivity index (χ3n) is 4.77. The molecule has 0 aliphatic rings. The maximum Gasteiger partial charge on any atom is 0.272 e. The second-order valence-corrected chi connectivity index (χ2v) is 9.45. The number of thiophene rings is 1. The van der Waals surface area contributed by atoms with Gasteiger partial charge in [-0.2, -0.15) is 0 Å². The summed E-state index contributed by atoms with van der Waals surface area (Å²) < 4.78 is 0. The van der Waals surface area contributed by atoms with Crippen LogP contribution in [0.4, 0.5) is 11.5 Å². The average Bonchev–Trinajstić information content (AvgIpc) is 3.42. The van der Waals surface area contributed by atoms with Crippen LogP contribution in [0, 0.1) is 0 Å². The van der Waals surface area contributed by atoms with Gasteiger partial charge in [0.25, 0.3) is 11.8 Å². The molecule has 0 aliphatic carbocycles. The first-order valence-electron chi connectivity index (χ1n) is 10.9. The van der Waals surface area contributed by atoms with Gasteiger partial charge in [-0.15, -0.1) is 23.1 Å². The number of benzene rings is 2. The van der Waals surface area contributed by atoms with Gasteiger partial charge in [0, 0.05) is 27.2 Å². The van der Waals surface area contributed by atoms with Crippen molar-refractivity contribution >= 4 is 58.4 Å². The Bertz CT molecular complexity index is 1340. The molecule has 0 bridgehead atoms. The third kappa shape index (κ3) is 7.39. The number of nitrogens with one attached hydrogen (secondary N) is 3. The fourth-order valence-corrected chi connectivity index (χ4v) is 4.41. The Kier molecular flexibility index (Phi) is 8.63. The standard InChI is InChI=1S/C27H22N4O3S2/c32-25(31-24-10-4-5-15-28-24)18-36-21-13-11-20(12-14-21)29-27(34)23(17-22-9-6-16-35-22)30-26(33)19-7-2-1-3-8-19/h1-17H,18H2,(H,29,34)(H,30,33)(H,28,31,32)/b23-17-. The minimum Gasteiger partial charge on any atom is -0.321 e. The predicted molar refractivity (Wildman–Crippen MR) is 145 cm³/mol. The van der Waals surface area contributed by atoms with Crippen molar-refractivity contribution in [1.29, 1.82) is 0 Å². The average molecular weight is 515 g/mol. The van der Waals surface area contributed by atoms with Crippen LogP contribution in [0.3, 0.4) is 0 Å². The monoisotopic (exact) mass is 514 g/mol. The van der Waals surface area contributed by atoms with Crippen LogP contribution in [0.2, 0.25) is 0 Å². The summed E-state index contributed by atoms with van der Waals surface area (Å²) in [6.45, 7) is 0. The van der Waals surface area contributed by atoms with E-state index >= 15 is 0 Å². The number of anilines is 2. The molecule has 7 nitrogen and oxygen atoms in total. The van der Waals surface area contributed by atoms with Gasteiger partial charge in [-0.25, -0.2) is 4.98 Å². The van der Waals surface area contributed by atoms with Gasteiger partial charge in [0.15, 0.2) is 0 Å². The smallest absolute Gasteiger partial charge is 0.272 e. The van der Waals surface area contributed by atoms with E-state index in [4.69, 9.17) is 0 Å². The lowest BCUT2D eigenvalue weighted by Crippen LogP contribution is -2.30. The summed E-state index contributed by atoms with van der Waals surface area (Å²) in [5.74, 6) is -0.241. The highest BCUT2D eigenvalue weighted by molar-refractivity contribution is 8.00. The van der Waals surface area contributed by atoms with E-state index in [0.29, 0.717) is 17.1 Å². The molecule has 4 rings (SSSR count). The molecule has 0 saturated carbocycles. The minimum absolute atomic E-state index is 0.135. The number of hydrogen-bond donors (Lipinski definition) is 3. The van der Waals surface area contributed by atoms with Gasteiger partial charge in [-0.1, -0.05) is 30.3 Å². The number of carbonyl (C=O) groups is 3. The molecule has 0 atom stereocenters. The lowest BCUT2D eigenvalue weighted by molar-refractivity contribution is -0.114. The Morgan fingerprint density at radius 1 is 0.861 bits per heavy atom. The molecular formula is C27H22N4O3S2. The van der Waals surface area contributed by atoms with E-state index < -0.39 is 5.91 Å². The van der Waals surface area contributed by atoms with E-state index in [-0.39, 0.29) is 23.3 Å². The van der Waals surface area contributed by atoms with Crippen molar-refractivity contribution < 1.29 is 14.4 Å². The summed E-state index contributed by atoms with van der Waals surface area (Å²) >= 11 is 2.83. The molecule has 2 heterocycles. The number of aromatic nitrogens is 1. The van der Waals surface area contributed by atoms with Gasteiger partial charge in [0.1, 0.15) is 11.5 Å². The van der Waals surface area contributed by atoms with E-state index in [2.05, 4.69) is 20.9 Å². The highest BCUT2D eigenvalue weighted by Gasteiger charge is 2.15. The molecule has 0 fully saturated rings. The van der Waals surface area contributed by atoms with Crippen molar-refractivity contribution in [2.24, 2.45) is 0 Å². The van der Waals surface area contributed by atoms with Crippen LogP contribution in [-0.4, -0.2) is 28.5 Å². The van der Waals surface area contributed by atoms with Crippen LogP contribution >= 0.6 is 23.1 Å². The number of amides is 3. The summed E-state index contributed by atoms with van der Waals surface area (Å²) in [5, 5.41) is 10.2. The van der Waals surface area contributed by atoms with E-state index in [1.165, 1.54) is 23.1 Å². The molecule has 0 unspecified atom stereocenters. The molecule has 0 aliphatic heterocycles. The first-order chi connectivity index (χ1) is 17.6. The molecular weight excluding hydrogens is 492 g/mol. The van der Waals surface area contributed by atoms with Crippen molar-refractivity contribution in [2.75, 3.05) is 16.4 Å². The molecule has 3 N–H and O–H groups in total. The number of thioether (sulfide) groups is 1. The Labute approximate surface area is 216 Å². The molecule has 4 aromatic rings. The zero-order chi connectivity index (χ0) is 25.2. The number of pyridine rings is 1. The van der Waals surface area contributed by atoms with Crippen LogP contribution in [0.15, 0.2) is 107 Å². The van der Waals surface area contributed by atoms with Gasteiger partial charge in [0.05, 0.1) is 5.75 Å². The normalized spacial score (nSPS) is 10.9. The summed E-state index contributed by atoms with van der Waals surface area (Å²) in [6, 6.07) is 24.9. The lowest BCUT2D eigenvalue weighted by Gasteiger charge is -2.11. The third-order valence-corrected chi connectivity index (χ3v) is 6.60. The van der Waals surface area contributed by atoms with Crippen molar-refractivity contribution in [3.05, 3.63) is 113 Å². The molecule has 3 amide bonds. The first-order valence-corrected chi connectivity index (χ1v) is 12.8. The molecule has 180 valence electrons. The summed E-state index contributed by atoms with van der Waals surface area (Å²) in [7, 11) is 0. The largest absolute Gasteiger partial charge is 0.321 e. The zero-order valence-electron chi connectivity index (χ0n) is 19.0. The van der Waals surface area contributed by atoms with Crippen LogP contribution in [-0.2, 0) is 9.59 Å². The second kappa shape index (κ2) is 12.5. The van der Waals surface area contributed by atoms with E-state index in [9.17, 15) is 14.4 Å². The number of hydrogen-bond acceptors (Lipinski definition) is 6. The van der Waals surface area contributed by atoms with E-state index in [1.54, 1.807) is 66.9 Å². The maximum atomic E-state index is 13.0. The van der Waals surface area contributed by atoms with E-state index in [0.717, 1.165) is 9.77 Å². The Morgan fingerprint density at radius 3 is 2.33 bits per heavy atom. The van der Waals surface area contributed by atoms with Crippen molar-refractivity contribution in [3.8, 4) is 0 Å². The summed E-state index contributed by atoms with van der Waals surface area (Å²) in [4.78, 5) is 43.6. The predicted octanol–water partition coefficient (Wildman–Crippen LogP) is 5.28. The highest BCUT2D eigenvalue weighted by Crippen LogP contribution is 2.21. The topological polar surface area (TPSA) is 100 Å². The zero-order valence-corrected chi connectivity index (χ0v) is 20.6. The Morgan fingerprint density at radius 2 is 1.64 bits per heavy atom. The fourth-order valence-electron chi connectivity index (χ4n) is 3.06. The Balaban J connectivity index is 1.37. The summed E-state index contributed by atoms with van der Waals surface area (Å²) in [5.41, 5.74) is 1.15. The SMILES string of the molecule is O=C(CSc1ccc(NC(=O)/C(=C/c2cccs2)NC(=O)c2ccccc2)cc1)Nc1ccccn1. The lowest BCUT2D eigenvalue weighted by atomic mass is 10.2. The molecule has 0 spiro atoms. The molecule has 0 radical (unpaired) electrons. The molecule has 2 aromatic carbocycles. The highest BCUT2D eigenvalue weighted by atomic mass is 32.2. The molecule has 9 heteroatoms. The van der Waals surface area contributed by atoms with Gasteiger partial charge in [-0.3, -0.25) is 14.4 Å². The summed E-state index contributed by atoms with van der Waals surface area (Å²) in [6.07, 6.45) is 3.26. The van der Waals surface area contributed by atoms with Crippen LogP contribution in [0.5, 0.6) is 0 Å². The van der Waals surface area contributed by atoms with Crippen LogP contribution in [0.25, 0.3) is 6.08 Å². The molecule has 36 heavy (non-hydrogen) atoms. The number of rotatable bonds is 9. The number of nitrogens with zero attached hydrogens (tertiary/aromatic N) is 1. The van der Waals surface area contributed by atoms with Gasteiger partial charge >= 0.3 is 0 Å².